The zero-order valence-corrected chi connectivity index (χ0v) is 10.0. The molecular weight excluding hydrogens is 184 g/mol. The minimum absolute atomic E-state index is 0.196. The fourth-order valence-electron chi connectivity index (χ4n) is 2.32. The summed E-state index contributed by atoms with van der Waals surface area (Å²) in [6, 6.07) is 2.67. The molecule has 0 aliphatic carbocycles. The molecule has 86 valence electrons. The highest BCUT2D eigenvalue weighted by atomic mass is 15.2. The maximum Gasteiger partial charge on any atom is 0.0977 e. The van der Waals surface area contributed by atoms with E-state index >= 15 is 0 Å². The van der Waals surface area contributed by atoms with Crippen LogP contribution in [0.1, 0.15) is 58.3 Å². The van der Waals surface area contributed by atoms with Crippen LogP contribution in [0.5, 0.6) is 0 Å². The van der Waals surface area contributed by atoms with E-state index in [1.54, 1.807) is 0 Å². The van der Waals surface area contributed by atoms with E-state index in [4.69, 9.17) is 5.26 Å². The van der Waals surface area contributed by atoms with Gasteiger partial charge in [0.05, 0.1) is 12.1 Å². The third kappa shape index (κ3) is 4.66. The van der Waals surface area contributed by atoms with Crippen molar-refractivity contribution >= 4 is 0 Å². The summed E-state index contributed by atoms with van der Waals surface area (Å²) in [7, 11) is 0. The molecule has 1 heterocycles. The van der Waals surface area contributed by atoms with Crippen molar-refractivity contribution < 1.29 is 0 Å². The summed E-state index contributed by atoms with van der Waals surface area (Å²) in [6.07, 6.45) is 10.1. The highest BCUT2D eigenvalue weighted by molar-refractivity contribution is 4.92. The van der Waals surface area contributed by atoms with E-state index in [0.29, 0.717) is 0 Å². The molecule has 0 amide bonds. The number of unbranched alkanes of at least 4 members (excludes halogenated alkanes) is 3. The normalized spacial score (nSPS) is 19.7. The van der Waals surface area contributed by atoms with Crippen LogP contribution in [0, 0.1) is 11.3 Å². The van der Waals surface area contributed by atoms with Gasteiger partial charge in [-0.05, 0) is 32.4 Å². The van der Waals surface area contributed by atoms with Crippen LogP contribution in [-0.4, -0.2) is 24.0 Å². The van der Waals surface area contributed by atoms with Gasteiger partial charge in [-0.15, -0.1) is 0 Å². The van der Waals surface area contributed by atoms with Crippen molar-refractivity contribution in [1.29, 1.82) is 5.26 Å². The Morgan fingerprint density at radius 2 is 1.87 bits per heavy atom. The van der Waals surface area contributed by atoms with Crippen LogP contribution >= 0.6 is 0 Å². The molecule has 0 spiro atoms. The van der Waals surface area contributed by atoms with Crippen molar-refractivity contribution in [3.8, 4) is 6.07 Å². The zero-order chi connectivity index (χ0) is 10.9. The fourth-order valence-corrected chi connectivity index (χ4v) is 2.32. The monoisotopic (exact) mass is 208 g/mol. The van der Waals surface area contributed by atoms with Crippen molar-refractivity contribution in [2.45, 2.75) is 64.3 Å². The number of piperidine rings is 1. The molecular formula is C13H24N2. The van der Waals surface area contributed by atoms with Gasteiger partial charge >= 0.3 is 0 Å². The van der Waals surface area contributed by atoms with E-state index < -0.39 is 0 Å². The summed E-state index contributed by atoms with van der Waals surface area (Å²) in [6.45, 7) is 4.52. The first kappa shape index (κ1) is 12.5. The maximum absolute atomic E-state index is 9.14. The van der Waals surface area contributed by atoms with Crippen molar-refractivity contribution in [1.82, 2.24) is 4.90 Å². The predicted molar refractivity (Wildman–Crippen MR) is 63.6 cm³/mol. The summed E-state index contributed by atoms with van der Waals surface area (Å²) >= 11 is 0. The number of hydrogen-bond donors (Lipinski definition) is 0. The van der Waals surface area contributed by atoms with Crippen LogP contribution in [0.25, 0.3) is 0 Å². The number of nitrogens with zero attached hydrogens (tertiary/aromatic N) is 2. The third-order valence-electron chi connectivity index (χ3n) is 3.31. The van der Waals surface area contributed by atoms with E-state index in [1.165, 1.54) is 44.9 Å². The van der Waals surface area contributed by atoms with Crippen molar-refractivity contribution in [3.63, 3.8) is 0 Å². The van der Waals surface area contributed by atoms with Crippen LogP contribution in [-0.2, 0) is 0 Å². The molecule has 0 bridgehead atoms. The Labute approximate surface area is 94.3 Å². The molecule has 0 aromatic rings. The Balaban J connectivity index is 2.19. The molecule has 2 heteroatoms. The number of rotatable bonds is 6. The standard InChI is InChI=1S/C13H24N2/c1-2-3-4-6-9-13(12-14)15-10-7-5-8-11-15/h13H,2-11H2,1H3. The Kier molecular flexibility index (Phi) is 6.43. The second-order valence-corrected chi connectivity index (χ2v) is 4.59. The van der Waals surface area contributed by atoms with Gasteiger partial charge in [-0.25, -0.2) is 0 Å². The second kappa shape index (κ2) is 7.70. The van der Waals surface area contributed by atoms with E-state index in [9.17, 15) is 0 Å². The van der Waals surface area contributed by atoms with Gasteiger partial charge in [0.15, 0.2) is 0 Å². The summed E-state index contributed by atoms with van der Waals surface area (Å²) < 4.78 is 0. The summed E-state index contributed by atoms with van der Waals surface area (Å²) in [5, 5.41) is 9.14. The first-order valence-corrected chi connectivity index (χ1v) is 6.52. The van der Waals surface area contributed by atoms with Crippen LogP contribution in [0.4, 0.5) is 0 Å². The van der Waals surface area contributed by atoms with E-state index in [0.717, 1.165) is 19.5 Å². The SMILES string of the molecule is CCCCCCC(C#N)N1CCCCC1. The molecule has 0 saturated carbocycles. The van der Waals surface area contributed by atoms with Crippen LogP contribution in [0.2, 0.25) is 0 Å². The summed E-state index contributed by atoms with van der Waals surface area (Å²) in [5.41, 5.74) is 0. The molecule has 2 nitrogen and oxygen atoms in total. The van der Waals surface area contributed by atoms with Gasteiger partial charge in [0.1, 0.15) is 0 Å². The van der Waals surface area contributed by atoms with E-state index in [-0.39, 0.29) is 6.04 Å². The quantitative estimate of drug-likeness (QED) is 0.626. The molecule has 15 heavy (non-hydrogen) atoms. The van der Waals surface area contributed by atoms with Crippen LogP contribution in [0.3, 0.4) is 0 Å². The second-order valence-electron chi connectivity index (χ2n) is 4.59. The molecule has 1 aliphatic heterocycles. The van der Waals surface area contributed by atoms with Crippen LogP contribution in [0.15, 0.2) is 0 Å². The molecule has 0 N–H and O–H groups in total. The van der Waals surface area contributed by atoms with Gasteiger partial charge in [0, 0.05) is 0 Å². The topological polar surface area (TPSA) is 27.0 Å². The van der Waals surface area contributed by atoms with Crippen LogP contribution < -0.4 is 0 Å². The fraction of sp³-hybridized carbons (Fsp3) is 0.923. The Hall–Kier alpha value is -0.550. The smallest absolute Gasteiger partial charge is 0.0977 e. The largest absolute Gasteiger partial charge is 0.288 e. The Morgan fingerprint density at radius 3 is 2.47 bits per heavy atom. The average molecular weight is 208 g/mol. The number of hydrogen-bond acceptors (Lipinski definition) is 2. The van der Waals surface area contributed by atoms with Gasteiger partial charge < -0.3 is 0 Å². The molecule has 1 fully saturated rings. The number of likely N-dealkylation sites (tertiary alicyclic amines) is 1. The first-order valence-electron chi connectivity index (χ1n) is 6.52. The van der Waals surface area contributed by atoms with E-state index in [2.05, 4.69) is 17.9 Å². The molecule has 0 aromatic carbocycles. The van der Waals surface area contributed by atoms with Crippen molar-refractivity contribution in [2.24, 2.45) is 0 Å². The average Bonchev–Trinajstić information content (AvgIpc) is 2.30. The molecule has 0 radical (unpaired) electrons. The van der Waals surface area contributed by atoms with Crippen molar-refractivity contribution in [3.05, 3.63) is 0 Å². The summed E-state index contributed by atoms with van der Waals surface area (Å²) in [5.74, 6) is 0. The lowest BCUT2D eigenvalue weighted by Gasteiger charge is -2.30. The lowest BCUT2D eigenvalue weighted by atomic mass is 10.0. The van der Waals surface area contributed by atoms with Gasteiger partial charge in [-0.1, -0.05) is 39.0 Å². The van der Waals surface area contributed by atoms with Gasteiger partial charge in [-0.3, -0.25) is 4.90 Å². The molecule has 1 rings (SSSR count). The van der Waals surface area contributed by atoms with Gasteiger partial charge in [0.25, 0.3) is 0 Å². The van der Waals surface area contributed by atoms with Crippen molar-refractivity contribution in [2.75, 3.05) is 13.1 Å². The maximum atomic E-state index is 9.14. The zero-order valence-electron chi connectivity index (χ0n) is 10.0. The van der Waals surface area contributed by atoms with Gasteiger partial charge in [-0.2, -0.15) is 5.26 Å². The highest BCUT2D eigenvalue weighted by Gasteiger charge is 2.19. The highest BCUT2D eigenvalue weighted by Crippen LogP contribution is 2.16. The minimum Gasteiger partial charge on any atom is -0.288 e. The Bertz CT molecular complexity index is 189. The van der Waals surface area contributed by atoms with Gasteiger partial charge in [0.2, 0.25) is 0 Å². The lowest BCUT2D eigenvalue weighted by molar-refractivity contribution is 0.185. The predicted octanol–water partition coefficient (Wildman–Crippen LogP) is 3.33. The van der Waals surface area contributed by atoms with E-state index in [1.807, 2.05) is 0 Å². The summed E-state index contributed by atoms with van der Waals surface area (Å²) in [4.78, 5) is 2.38. The Morgan fingerprint density at radius 1 is 1.13 bits per heavy atom. The number of nitriles is 1. The molecule has 1 aliphatic rings. The third-order valence-corrected chi connectivity index (χ3v) is 3.31. The molecule has 1 saturated heterocycles. The first-order chi connectivity index (χ1) is 7.38. The lowest BCUT2D eigenvalue weighted by Crippen LogP contribution is -2.38. The molecule has 0 aromatic heterocycles. The molecule has 1 atom stereocenters. The molecule has 1 unspecified atom stereocenters. The minimum atomic E-state index is 0.196.